The van der Waals surface area contributed by atoms with E-state index in [1.165, 1.54) is 6.07 Å². The van der Waals surface area contributed by atoms with E-state index in [9.17, 15) is 8.78 Å². The number of rotatable bonds is 6. The van der Waals surface area contributed by atoms with Crippen LogP contribution in [-0.2, 0) is 12.1 Å². The molecule has 0 fully saturated rings. The number of hydrogen-bond acceptors (Lipinski definition) is 0. The number of halogens is 3. The second-order valence-electron chi connectivity index (χ2n) is 6.52. The van der Waals surface area contributed by atoms with Gasteiger partial charge in [0.1, 0.15) is 0 Å². The first-order valence-electron chi connectivity index (χ1n) is 8.76. The molecular formula is C23H21F3. The van der Waals surface area contributed by atoms with Crippen LogP contribution in [0, 0.1) is 11.6 Å². The van der Waals surface area contributed by atoms with Crippen LogP contribution in [0.25, 0.3) is 5.57 Å². The molecular weight excluding hydrogens is 333 g/mol. The van der Waals surface area contributed by atoms with Crippen molar-refractivity contribution in [1.82, 2.24) is 0 Å². The van der Waals surface area contributed by atoms with Crippen molar-refractivity contribution >= 4 is 5.57 Å². The Kier molecular flexibility index (Phi) is 5.46. The molecule has 134 valence electrons. The van der Waals surface area contributed by atoms with Crippen molar-refractivity contribution in [1.29, 1.82) is 0 Å². The lowest BCUT2D eigenvalue weighted by molar-refractivity contribution is 0.249. The van der Waals surface area contributed by atoms with E-state index >= 15 is 4.39 Å². The highest BCUT2D eigenvalue weighted by molar-refractivity contribution is 5.76. The van der Waals surface area contributed by atoms with E-state index in [4.69, 9.17) is 0 Å². The summed E-state index contributed by atoms with van der Waals surface area (Å²) in [5.41, 5.74) is 0.594. The minimum Gasteiger partial charge on any atom is -0.233 e. The molecule has 0 nitrogen and oxygen atoms in total. The van der Waals surface area contributed by atoms with Crippen LogP contribution in [0.15, 0.2) is 73.3 Å². The zero-order valence-corrected chi connectivity index (χ0v) is 14.5. The van der Waals surface area contributed by atoms with E-state index in [2.05, 4.69) is 6.58 Å². The Labute approximate surface area is 152 Å². The third-order valence-electron chi connectivity index (χ3n) is 4.74. The molecule has 0 radical (unpaired) electrons. The highest BCUT2D eigenvalue weighted by atomic mass is 19.2. The summed E-state index contributed by atoms with van der Waals surface area (Å²) in [4.78, 5) is 0. The fourth-order valence-corrected chi connectivity index (χ4v) is 3.28. The molecule has 0 amide bonds. The predicted octanol–water partition coefficient (Wildman–Crippen LogP) is 6.68. The Hall–Kier alpha value is -2.55. The molecule has 0 heterocycles. The predicted molar refractivity (Wildman–Crippen MR) is 100 cm³/mol. The number of alkyl halides is 1. The third kappa shape index (κ3) is 3.67. The zero-order valence-electron chi connectivity index (χ0n) is 14.5. The number of allylic oxidation sites excluding steroid dienone is 5. The summed E-state index contributed by atoms with van der Waals surface area (Å²) in [7, 11) is 0. The molecule has 1 unspecified atom stereocenters. The fraction of sp³-hybridized carbons (Fsp3) is 0.217. The van der Waals surface area contributed by atoms with Crippen LogP contribution < -0.4 is 0 Å². The van der Waals surface area contributed by atoms with Gasteiger partial charge < -0.3 is 0 Å². The van der Waals surface area contributed by atoms with E-state index in [1.807, 2.05) is 18.2 Å². The van der Waals surface area contributed by atoms with Gasteiger partial charge in [0.2, 0.25) is 0 Å². The average Bonchev–Trinajstić information content (AvgIpc) is 2.65. The second kappa shape index (κ2) is 7.77. The van der Waals surface area contributed by atoms with Crippen LogP contribution in [0.4, 0.5) is 13.2 Å². The van der Waals surface area contributed by atoms with Crippen molar-refractivity contribution in [3.05, 3.63) is 102 Å². The lowest BCUT2D eigenvalue weighted by atomic mass is 9.78. The maximum atomic E-state index is 16.0. The molecule has 0 aromatic heterocycles. The molecule has 0 saturated heterocycles. The lowest BCUT2D eigenvalue weighted by Gasteiger charge is -2.30. The molecule has 1 aliphatic carbocycles. The molecule has 2 aromatic rings. The Morgan fingerprint density at radius 3 is 2.50 bits per heavy atom. The maximum absolute atomic E-state index is 16.0. The molecule has 2 aromatic carbocycles. The van der Waals surface area contributed by atoms with Crippen molar-refractivity contribution in [2.45, 2.75) is 31.4 Å². The number of aryl methyl sites for hydroxylation is 1. The highest BCUT2D eigenvalue weighted by Crippen LogP contribution is 2.45. The van der Waals surface area contributed by atoms with Gasteiger partial charge in [-0.15, -0.1) is 6.58 Å². The third-order valence-corrected chi connectivity index (χ3v) is 4.74. The van der Waals surface area contributed by atoms with Crippen LogP contribution in [0.3, 0.4) is 0 Å². The Balaban J connectivity index is 1.91. The van der Waals surface area contributed by atoms with E-state index in [1.54, 1.807) is 30.4 Å². The topological polar surface area (TPSA) is 0 Å². The minimum atomic E-state index is -1.77. The van der Waals surface area contributed by atoms with Crippen LogP contribution in [0.2, 0.25) is 0 Å². The van der Waals surface area contributed by atoms with Gasteiger partial charge in [0.15, 0.2) is 17.3 Å². The summed E-state index contributed by atoms with van der Waals surface area (Å²) < 4.78 is 42.9. The van der Waals surface area contributed by atoms with Gasteiger partial charge in [-0.05, 0) is 48.1 Å². The summed E-state index contributed by atoms with van der Waals surface area (Å²) in [6, 6.07) is 10.9. The molecule has 0 saturated carbocycles. The van der Waals surface area contributed by atoms with Crippen molar-refractivity contribution in [3.8, 4) is 0 Å². The quantitative estimate of drug-likeness (QED) is 0.401. The van der Waals surface area contributed by atoms with Gasteiger partial charge in [-0.25, -0.2) is 13.2 Å². The Morgan fingerprint density at radius 2 is 1.81 bits per heavy atom. The zero-order chi connectivity index (χ0) is 18.6. The van der Waals surface area contributed by atoms with Gasteiger partial charge in [-0.1, -0.05) is 54.6 Å². The van der Waals surface area contributed by atoms with E-state index in [0.29, 0.717) is 16.7 Å². The van der Waals surface area contributed by atoms with Gasteiger partial charge in [0.05, 0.1) is 0 Å². The monoisotopic (exact) mass is 354 g/mol. The summed E-state index contributed by atoms with van der Waals surface area (Å²) in [5.74, 6) is -1.91. The van der Waals surface area contributed by atoms with Crippen LogP contribution in [0.5, 0.6) is 0 Å². The molecule has 0 bridgehead atoms. The highest BCUT2D eigenvalue weighted by Gasteiger charge is 2.37. The first kappa shape index (κ1) is 18.2. The summed E-state index contributed by atoms with van der Waals surface area (Å²) in [6.45, 7) is 3.71. The Morgan fingerprint density at radius 1 is 1.04 bits per heavy atom. The van der Waals surface area contributed by atoms with Crippen molar-refractivity contribution in [2.75, 3.05) is 0 Å². The summed E-state index contributed by atoms with van der Waals surface area (Å²) in [5, 5.41) is 0. The van der Waals surface area contributed by atoms with Gasteiger partial charge in [-0.2, -0.15) is 0 Å². The number of unbranched alkanes of at least 4 members (excludes halogenated alkanes) is 1. The molecule has 3 heteroatoms. The fourth-order valence-electron chi connectivity index (χ4n) is 3.28. The van der Waals surface area contributed by atoms with Gasteiger partial charge in [-0.3, -0.25) is 0 Å². The summed E-state index contributed by atoms with van der Waals surface area (Å²) in [6.07, 6.45) is 10.0. The van der Waals surface area contributed by atoms with Gasteiger partial charge in [0.25, 0.3) is 0 Å². The molecule has 1 aliphatic rings. The SMILES string of the molecule is C=CCCCc1ccc(C2(F)CC=CC=C2c2ccc(F)c(F)c2)cc1. The van der Waals surface area contributed by atoms with Crippen molar-refractivity contribution in [2.24, 2.45) is 0 Å². The van der Waals surface area contributed by atoms with Gasteiger partial charge in [0, 0.05) is 12.0 Å². The maximum Gasteiger partial charge on any atom is 0.165 e. The largest absolute Gasteiger partial charge is 0.233 e. The van der Waals surface area contributed by atoms with Crippen molar-refractivity contribution < 1.29 is 13.2 Å². The number of hydrogen-bond donors (Lipinski definition) is 0. The van der Waals surface area contributed by atoms with E-state index in [-0.39, 0.29) is 6.42 Å². The standard InChI is InChI=1S/C23H21F3/c1-2-3-4-7-17-9-12-19(13-10-17)23(26)15-6-5-8-20(23)18-11-14-21(24)22(25)16-18/h2,5-6,8-14,16H,1,3-4,7,15H2. The molecule has 0 N–H and O–H groups in total. The van der Waals surface area contributed by atoms with Crippen LogP contribution >= 0.6 is 0 Å². The summed E-state index contributed by atoms with van der Waals surface area (Å²) >= 11 is 0. The second-order valence-corrected chi connectivity index (χ2v) is 6.52. The van der Waals surface area contributed by atoms with Crippen molar-refractivity contribution in [3.63, 3.8) is 0 Å². The molecule has 3 rings (SSSR count). The number of benzene rings is 2. The van der Waals surface area contributed by atoms with Gasteiger partial charge >= 0.3 is 0 Å². The van der Waals surface area contributed by atoms with Crippen LogP contribution in [-0.4, -0.2) is 0 Å². The molecule has 0 spiro atoms. The van der Waals surface area contributed by atoms with E-state index in [0.717, 1.165) is 37.0 Å². The molecule has 1 atom stereocenters. The minimum absolute atomic E-state index is 0.160. The average molecular weight is 354 g/mol. The smallest absolute Gasteiger partial charge is 0.165 e. The lowest BCUT2D eigenvalue weighted by Crippen LogP contribution is -2.23. The first-order chi connectivity index (χ1) is 12.5. The molecule has 0 aliphatic heterocycles. The molecule has 26 heavy (non-hydrogen) atoms. The normalized spacial score (nSPS) is 19.3. The Bertz CT molecular complexity index is 846. The van der Waals surface area contributed by atoms with Crippen LogP contribution in [0.1, 0.15) is 36.0 Å². The van der Waals surface area contributed by atoms with E-state index < -0.39 is 17.3 Å². The first-order valence-corrected chi connectivity index (χ1v) is 8.76.